The second kappa shape index (κ2) is 7.11. The van der Waals surface area contributed by atoms with Crippen LogP contribution in [0.5, 0.6) is 0 Å². The van der Waals surface area contributed by atoms with Crippen LogP contribution in [0.1, 0.15) is 19.3 Å². The van der Waals surface area contributed by atoms with Gasteiger partial charge in [-0.25, -0.2) is 0 Å². The van der Waals surface area contributed by atoms with Crippen LogP contribution in [0.2, 0.25) is 0 Å². The van der Waals surface area contributed by atoms with Crippen molar-refractivity contribution in [2.24, 2.45) is 0 Å². The van der Waals surface area contributed by atoms with Gasteiger partial charge in [-0.15, -0.1) is 6.42 Å². The van der Waals surface area contributed by atoms with Crippen molar-refractivity contribution in [3.63, 3.8) is 0 Å². The van der Waals surface area contributed by atoms with Crippen LogP contribution in [-0.2, 0) is 18.9 Å². The van der Waals surface area contributed by atoms with Crippen molar-refractivity contribution >= 4 is 17.3 Å². The highest BCUT2D eigenvalue weighted by Crippen LogP contribution is 2.36. The Balaban J connectivity index is 3.67. The third-order valence-electron chi connectivity index (χ3n) is 1.91. The molecule has 0 radical (unpaired) electrons. The first-order chi connectivity index (χ1) is 7.27. The van der Waals surface area contributed by atoms with Gasteiger partial charge in [0.1, 0.15) is 6.61 Å². The van der Waals surface area contributed by atoms with Gasteiger partial charge in [0.15, 0.2) is 0 Å². The molecule has 0 N–H and O–H groups in total. The third kappa shape index (κ3) is 10.2. The highest BCUT2D eigenvalue weighted by atomic mass is 32.2. The average molecular weight is 266 g/mol. The van der Waals surface area contributed by atoms with Gasteiger partial charge < -0.3 is 4.57 Å². The molecular weight excluding hydrogens is 247 g/mol. The molecule has 0 aromatic heterocycles. The summed E-state index contributed by atoms with van der Waals surface area (Å²) >= 11 is 0. The van der Waals surface area contributed by atoms with Crippen LogP contribution in [0.25, 0.3) is 0 Å². The highest BCUT2D eigenvalue weighted by molar-refractivity contribution is 7.86. The Hall–Kier alpha value is -0.300. The smallest absolute Gasteiger partial charge is 0.268 e. The predicted molar refractivity (Wildman–Crippen MR) is 66.7 cm³/mol. The van der Waals surface area contributed by atoms with Gasteiger partial charge in [0.25, 0.3) is 10.1 Å². The lowest BCUT2D eigenvalue weighted by Gasteiger charge is -2.06. The van der Waals surface area contributed by atoms with Crippen LogP contribution in [0, 0.1) is 12.3 Å². The molecule has 4 nitrogen and oxygen atoms in total. The summed E-state index contributed by atoms with van der Waals surface area (Å²) in [5, 5.41) is 0. The van der Waals surface area contributed by atoms with Crippen LogP contribution in [0.15, 0.2) is 0 Å². The molecule has 0 heterocycles. The summed E-state index contributed by atoms with van der Waals surface area (Å²) in [6, 6.07) is 0. The van der Waals surface area contributed by atoms with Crippen LogP contribution in [0.3, 0.4) is 0 Å². The van der Waals surface area contributed by atoms with Crippen LogP contribution < -0.4 is 0 Å². The lowest BCUT2D eigenvalue weighted by molar-refractivity contribution is 0.362. The van der Waals surface area contributed by atoms with Gasteiger partial charge in [-0.2, -0.15) is 8.42 Å². The van der Waals surface area contributed by atoms with Gasteiger partial charge in [-0.3, -0.25) is 4.18 Å². The minimum atomic E-state index is -3.47. The van der Waals surface area contributed by atoms with E-state index in [1.165, 1.54) is 0 Å². The summed E-state index contributed by atoms with van der Waals surface area (Å²) < 4.78 is 38.2. The second-order valence-electron chi connectivity index (χ2n) is 4.09. The highest BCUT2D eigenvalue weighted by Gasteiger charge is 2.11. The van der Waals surface area contributed by atoms with Crippen molar-refractivity contribution in [3.8, 4) is 12.3 Å². The fourth-order valence-electron chi connectivity index (χ4n) is 1.13. The van der Waals surface area contributed by atoms with E-state index in [9.17, 15) is 13.0 Å². The minimum absolute atomic E-state index is 0.0214. The van der Waals surface area contributed by atoms with E-state index >= 15 is 0 Å². The molecule has 0 aromatic carbocycles. The molecule has 0 rings (SSSR count). The third-order valence-corrected chi connectivity index (χ3v) is 4.57. The van der Waals surface area contributed by atoms with E-state index < -0.39 is 17.3 Å². The monoisotopic (exact) mass is 266 g/mol. The number of terminal acetylenes is 1. The van der Waals surface area contributed by atoms with Crippen molar-refractivity contribution in [3.05, 3.63) is 0 Å². The summed E-state index contributed by atoms with van der Waals surface area (Å²) in [6.45, 7) is 3.26. The zero-order valence-electron chi connectivity index (χ0n) is 9.81. The summed E-state index contributed by atoms with van der Waals surface area (Å²) in [4.78, 5) is 0. The Kier molecular flexibility index (Phi) is 6.98. The fourth-order valence-corrected chi connectivity index (χ4v) is 3.04. The molecule has 0 spiro atoms. The Bertz CT molecular complexity index is 374. The van der Waals surface area contributed by atoms with E-state index in [4.69, 9.17) is 6.42 Å². The van der Waals surface area contributed by atoms with Crippen LogP contribution in [0.4, 0.5) is 0 Å². The normalized spacial score (nSPS) is 12.3. The van der Waals surface area contributed by atoms with Crippen molar-refractivity contribution in [2.45, 2.75) is 19.3 Å². The fraction of sp³-hybridized carbons (Fsp3) is 0.800. The first-order valence-corrected chi connectivity index (χ1v) is 9.48. The molecule has 6 heteroatoms. The minimum Gasteiger partial charge on any atom is -0.324 e. The zero-order valence-corrected chi connectivity index (χ0v) is 11.5. The quantitative estimate of drug-likeness (QED) is 0.291. The van der Waals surface area contributed by atoms with Crippen LogP contribution in [-0.4, -0.2) is 40.3 Å². The molecule has 0 unspecified atom stereocenters. The molecule has 0 aliphatic heterocycles. The Morgan fingerprint density at radius 2 is 1.88 bits per heavy atom. The molecule has 0 atom stereocenters. The van der Waals surface area contributed by atoms with E-state index in [2.05, 4.69) is 10.1 Å². The van der Waals surface area contributed by atoms with Crippen molar-refractivity contribution in [1.82, 2.24) is 0 Å². The average Bonchev–Trinajstić information content (AvgIpc) is 2.12. The summed E-state index contributed by atoms with van der Waals surface area (Å²) in [7, 11) is -5.44. The van der Waals surface area contributed by atoms with E-state index in [1.807, 2.05) is 0 Å². The van der Waals surface area contributed by atoms with Crippen molar-refractivity contribution in [2.75, 3.05) is 31.9 Å². The number of unbranched alkanes of at least 4 members (excludes halogenated alkanes) is 2. The molecule has 0 fully saturated rings. The standard InChI is InChI=1S/C10H19O4PS/c1-4-8-14-16(12,13)10-7-5-6-9-15(2,3)11/h1H,5-10H2,2-3H3. The molecule has 0 aliphatic rings. The molecule has 94 valence electrons. The van der Waals surface area contributed by atoms with Gasteiger partial charge in [0, 0.05) is 6.16 Å². The maximum Gasteiger partial charge on any atom is 0.268 e. The molecule has 0 amide bonds. The van der Waals surface area contributed by atoms with E-state index in [0.29, 0.717) is 12.6 Å². The van der Waals surface area contributed by atoms with Crippen LogP contribution >= 0.6 is 7.14 Å². The van der Waals surface area contributed by atoms with E-state index in [-0.39, 0.29) is 12.4 Å². The summed E-state index contributed by atoms with van der Waals surface area (Å²) in [6.07, 6.45) is 7.60. The molecular formula is C10H19O4PS. The van der Waals surface area contributed by atoms with Gasteiger partial charge in [-0.1, -0.05) is 12.3 Å². The Morgan fingerprint density at radius 3 is 2.38 bits per heavy atom. The van der Waals surface area contributed by atoms with Gasteiger partial charge in [-0.05, 0) is 26.2 Å². The molecule has 0 saturated carbocycles. The number of rotatable bonds is 8. The van der Waals surface area contributed by atoms with Gasteiger partial charge >= 0.3 is 0 Å². The molecule has 0 saturated heterocycles. The van der Waals surface area contributed by atoms with Crippen molar-refractivity contribution < 1.29 is 17.2 Å². The first-order valence-electron chi connectivity index (χ1n) is 5.11. The Morgan fingerprint density at radius 1 is 1.25 bits per heavy atom. The predicted octanol–water partition coefficient (Wildman–Crippen LogP) is 1.76. The maximum absolute atomic E-state index is 11.4. The topological polar surface area (TPSA) is 60.4 Å². The summed E-state index contributed by atoms with van der Waals surface area (Å²) in [5.74, 6) is 2.09. The van der Waals surface area contributed by atoms with Gasteiger partial charge in [0.2, 0.25) is 0 Å². The lowest BCUT2D eigenvalue weighted by Crippen LogP contribution is -2.10. The maximum atomic E-state index is 11.4. The zero-order chi connectivity index (χ0) is 12.7. The number of hydrogen-bond donors (Lipinski definition) is 0. The largest absolute Gasteiger partial charge is 0.324 e. The molecule has 0 aliphatic carbocycles. The SMILES string of the molecule is C#CCOS(=O)(=O)CCCCCP(C)(C)=O. The number of hydrogen-bond acceptors (Lipinski definition) is 4. The molecule has 0 bridgehead atoms. The molecule has 16 heavy (non-hydrogen) atoms. The lowest BCUT2D eigenvalue weighted by atomic mass is 10.3. The Labute approximate surface area is 98.3 Å². The van der Waals surface area contributed by atoms with Gasteiger partial charge in [0.05, 0.1) is 12.9 Å². The van der Waals surface area contributed by atoms with Crippen molar-refractivity contribution in [1.29, 1.82) is 0 Å². The van der Waals surface area contributed by atoms with E-state index in [0.717, 1.165) is 12.8 Å². The first kappa shape index (κ1) is 15.7. The van der Waals surface area contributed by atoms with E-state index in [1.54, 1.807) is 13.3 Å². The summed E-state index contributed by atoms with van der Waals surface area (Å²) in [5.41, 5.74) is 0. The molecule has 0 aromatic rings. The second-order valence-corrected chi connectivity index (χ2v) is 9.44.